The number of nitrogens with one attached hydrogen (secondary N) is 2. The molecule has 0 saturated heterocycles. The molecule has 0 bridgehead atoms. The first kappa shape index (κ1) is 20.9. The summed E-state index contributed by atoms with van der Waals surface area (Å²) in [4.78, 5) is 24.4. The first-order valence-electron chi connectivity index (χ1n) is 8.06. The van der Waals surface area contributed by atoms with Crippen molar-refractivity contribution in [1.82, 2.24) is 5.43 Å². The molecule has 1 atom stereocenters. The molecule has 0 aromatic heterocycles. The maximum atomic E-state index is 12.3. The molecule has 1 unspecified atom stereocenters. The summed E-state index contributed by atoms with van der Waals surface area (Å²) in [5, 5.41) is 7.45. The summed E-state index contributed by atoms with van der Waals surface area (Å²) >= 11 is 11.9. The van der Waals surface area contributed by atoms with Crippen LogP contribution in [-0.4, -0.2) is 24.6 Å². The molecule has 0 radical (unpaired) electrons. The molecule has 2 rings (SSSR count). The van der Waals surface area contributed by atoms with E-state index in [-0.39, 0.29) is 12.3 Å². The number of hydrogen-bond acceptors (Lipinski definition) is 4. The number of hydrogen-bond donors (Lipinski definition) is 2. The van der Waals surface area contributed by atoms with Crippen molar-refractivity contribution in [3.63, 3.8) is 0 Å². The van der Waals surface area contributed by atoms with Gasteiger partial charge in [-0.25, -0.2) is 5.43 Å². The second-order valence-corrected chi connectivity index (χ2v) is 6.54. The van der Waals surface area contributed by atoms with Gasteiger partial charge in [0.1, 0.15) is 0 Å². The second kappa shape index (κ2) is 10.1. The van der Waals surface area contributed by atoms with Gasteiger partial charge in [-0.05, 0) is 30.7 Å². The summed E-state index contributed by atoms with van der Waals surface area (Å²) in [7, 11) is 1.44. The molecule has 0 spiro atoms. The van der Waals surface area contributed by atoms with Gasteiger partial charge in [0, 0.05) is 17.8 Å². The fourth-order valence-electron chi connectivity index (χ4n) is 2.29. The minimum Gasteiger partial charge on any atom is -0.367 e. The van der Waals surface area contributed by atoms with E-state index in [4.69, 9.17) is 27.9 Å². The van der Waals surface area contributed by atoms with Crippen LogP contribution >= 0.6 is 23.2 Å². The Balaban J connectivity index is 1.93. The largest absolute Gasteiger partial charge is 0.367 e. The number of benzene rings is 2. The van der Waals surface area contributed by atoms with Gasteiger partial charge >= 0.3 is 0 Å². The molecule has 0 fully saturated rings. The highest BCUT2D eigenvalue weighted by atomic mass is 35.5. The smallest absolute Gasteiger partial charge is 0.273 e. The Morgan fingerprint density at radius 2 is 1.85 bits per heavy atom. The molecule has 0 saturated carbocycles. The standard InChI is InChI=1S/C19H19Cl2N3O3/c1-12(10-17(25)22-16-11-14(20)8-9-15(16)21)23-24-19(26)18(27-2)13-6-4-3-5-7-13/h3-9,11,18H,10H2,1-2H3,(H,22,25)(H,24,26)/b23-12+. The Morgan fingerprint density at radius 1 is 1.15 bits per heavy atom. The van der Waals surface area contributed by atoms with Gasteiger partial charge < -0.3 is 10.1 Å². The maximum Gasteiger partial charge on any atom is 0.273 e. The van der Waals surface area contributed by atoms with Crippen molar-refractivity contribution in [3.8, 4) is 0 Å². The minimum atomic E-state index is -0.790. The number of methoxy groups -OCH3 is 1. The number of carbonyl (C=O) groups excluding carboxylic acids is 2. The fourth-order valence-corrected chi connectivity index (χ4v) is 2.63. The highest BCUT2D eigenvalue weighted by Gasteiger charge is 2.19. The summed E-state index contributed by atoms with van der Waals surface area (Å²) in [5.41, 5.74) is 3.96. The van der Waals surface area contributed by atoms with E-state index in [2.05, 4.69) is 15.8 Å². The zero-order valence-corrected chi connectivity index (χ0v) is 16.3. The zero-order chi connectivity index (χ0) is 19.8. The van der Waals surface area contributed by atoms with Crippen LogP contribution in [0.1, 0.15) is 25.0 Å². The summed E-state index contributed by atoms with van der Waals surface area (Å²) in [5.74, 6) is -0.762. The summed E-state index contributed by atoms with van der Waals surface area (Å²) < 4.78 is 5.23. The molecule has 27 heavy (non-hydrogen) atoms. The van der Waals surface area contributed by atoms with E-state index in [0.717, 1.165) is 0 Å². The second-order valence-electron chi connectivity index (χ2n) is 5.70. The molecule has 2 N–H and O–H groups in total. The van der Waals surface area contributed by atoms with Crippen molar-refractivity contribution in [2.45, 2.75) is 19.4 Å². The molecule has 6 nitrogen and oxygen atoms in total. The number of nitrogens with zero attached hydrogens (tertiary/aromatic N) is 1. The first-order valence-corrected chi connectivity index (χ1v) is 8.82. The van der Waals surface area contributed by atoms with Crippen LogP contribution in [0.15, 0.2) is 53.6 Å². The summed E-state index contributed by atoms with van der Waals surface area (Å²) in [6.07, 6.45) is -0.812. The number of anilines is 1. The average molecular weight is 408 g/mol. The number of rotatable bonds is 7. The molecule has 2 aromatic rings. The third-order valence-corrected chi connectivity index (χ3v) is 4.12. The Labute approximate surface area is 167 Å². The van der Waals surface area contributed by atoms with Gasteiger partial charge in [-0.15, -0.1) is 0 Å². The molecule has 0 aliphatic rings. The molecular formula is C19H19Cl2N3O3. The molecule has 0 aliphatic heterocycles. The van der Waals surface area contributed by atoms with Gasteiger partial charge in [0.15, 0.2) is 6.10 Å². The monoisotopic (exact) mass is 407 g/mol. The minimum absolute atomic E-state index is 0.0217. The van der Waals surface area contributed by atoms with Gasteiger partial charge in [-0.3, -0.25) is 9.59 Å². The third-order valence-electron chi connectivity index (χ3n) is 3.55. The summed E-state index contributed by atoms with van der Waals surface area (Å²) in [6, 6.07) is 13.8. The number of halogens is 2. The predicted octanol–water partition coefficient (Wildman–Crippen LogP) is 4.20. The molecule has 142 valence electrons. The van der Waals surface area contributed by atoms with Gasteiger partial charge in [-0.2, -0.15) is 5.10 Å². The molecule has 2 amide bonds. The highest BCUT2D eigenvalue weighted by Crippen LogP contribution is 2.25. The van der Waals surface area contributed by atoms with Gasteiger partial charge in [-0.1, -0.05) is 53.5 Å². The molecule has 8 heteroatoms. The lowest BCUT2D eigenvalue weighted by molar-refractivity contribution is -0.131. The van der Waals surface area contributed by atoms with Crippen LogP contribution in [0, 0.1) is 0 Å². The van der Waals surface area contributed by atoms with Crippen LogP contribution in [0.4, 0.5) is 5.69 Å². The van der Waals surface area contributed by atoms with Crippen LogP contribution in [0.2, 0.25) is 10.0 Å². The lowest BCUT2D eigenvalue weighted by Gasteiger charge is -2.14. The molecule has 0 heterocycles. The third kappa shape index (κ3) is 6.36. The van der Waals surface area contributed by atoms with E-state index < -0.39 is 12.0 Å². The molecule has 2 aromatic carbocycles. The predicted molar refractivity (Wildman–Crippen MR) is 107 cm³/mol. The average Bonchev–Trinajstić information content (AvgIpc) is 2.64. The number of hydrazone groups is 1. The van der Waals surface area contributed by atoms with Crippen LogP contribution in [0.3, 0.4) is 0 Å². The Morgan fingerprint density at radius 3 is 2.52 bits per heavy atom. The Bertz CT molecular complexity index is 841. The lowest BCUT2D eigenvalue weighted by Crippen LogP contribution is -2.28. The van der Waals surface area contributed by atoms with Crippen LogP contribution < -0.4 is 10.7 Å². The van der Waals surface area contributed by atoms with E-state index in [1.165, 1.54) is 7.11 Å². The summed E-state index contributed by atoms with van der Waals surface area (Å²) in [6.45, 7) is 1.63. The van der Waals surface area contributed by atoms with E-state index in [0.29, 0.717) is 27.0 Å². The maximum absolute atomic E-state index is 12.3. The number of carbonyl (C=O) groups is 2. The van der Waals surface area contributed by atoms with Crippen LogP contribution in [-0.2, 0) is 14.3 Å². The Hall–Kier alpha value is -2.41. The topological polar surface area (TPSA) is 79.8 Å². The van der Waals surface area contributed by atoms with E-state index >= 15 is 0 Å². The zero-order valence-electron chi connectivity index (χ0n) is 14.8. The number of amides is 2. The fraction of sp³-hybridized carbons (Fsp3) is 0.211. The Kier molecular flexibility index (Phi) is 7.79. The van der Waals surface area contributed by atoms with Gasteiger partial charge in [0.05, 0.1) is 17.1 Å². The van der Waals surface area contributed by atoms with Crippen molar-refractivity contribution in [1.29, 1.82) is 0 Å². The quantitative estimate of drug-likeness (QED) is 0.532. The van der Waals surface area contributed by atoms with Crippen LogP contribution in [0.5, 0.6) is 0 Å². The first-order chi connectivity index (χ1) is 12.9. The molecule has 0 aliphatic carbocycles. The van der Waals surface area contributed by atoms with Gasteiger partial charge in [0.2, 0.25) is 5.91 Å². The van der Waals surface area contributed by atoms with E-state index in [1.807, 2.05) is 18.2 Å². The van der Waals surface area contributed by atoms with Crippen LogP contribution in [0.25, 0.3) is 0 Å². The van der Waals surface area contributed by atoms with Crippen molar-refractivity contribution in [3.05, 3.63) is 64.1 Å². The van der Waals surface area contributed by atoms with Crippen molar-refractivity contribution in [2.75, 3.05) is 12.4 Å². The SMILES string of the molecule is COC(C(=O)N/N=C(\C)CC(=O)Nc1cc(Cl)ccc1Cl)c1ccccc1. The highest BCUT2D eigenvalue weighted by molar-refractivity contribution is 6.35. The van der Waals surface area contributed by atoms with Crippen molar-refractivity contribution < 1.29 is 14.3 Å². The van der Waals surface area contributed by atoms with Crippen molar-refractivity contribution in [2.24, 2.45) is 5.10 Å². The van der Waals surface area contributed by atoms with E-state index in [9.17, 15) is 9.59 Å². The van der Waals surface area contributed by atoms with Gasteiger partial charge in [0.25, 0.3) is 5.91 Å². The van der Waals surface area contributed by atoms with E-state index in [1.54, 1.807) is 37.3 Å². The van der Waals surface area contributed by atoms with Crippen molar-refractivity contribution >= 4 is 46.4 Å². The number of ether oxygens (including phenoxy) is 1. The normalized spacial score (nSPS) is 12.4. The lowest BCUT2D eigenvalue weighted by atomic mass is 10.1. The molecular weight excluding hydrogens is 389 g/mol.